The van der Waals surface area contributed by atoms with Crippen LogP contribution in [-0.2, 0) is 11.3 Å². The molecule has 0 saturated carbocycles. The lowest BCUT2D eigenvalue weighted by Gasteiger charge is -2.21. The van der Waals surface area contributed by atoms with Gasteiger partial charge in [-0.25, -0.2) is 0 Å². The van der Waals surface area contributed by atoms with Gasteiger partial charge in [-0.15, -0.1) is 0 Å². The van der Waals surface area contributed by atoms with Crippen LogP contribution < -0.4 is 4.90 Å². The number of nitrogens with zero attached hydrogens (tertiary/aromatic N) is 2. The largest absolute Gasteiger partial charge is 0.506 e. The molecule has 0 aliphatic heterocycles. The van der Waals surface area contributed by atoms with E-state index in [1.165, 1.54) is 11.8 Å². The molecule has 4 heteroatoms. The third-order valence-electron chi connectivity index (χ3n) is 2.60. The fourth-order valence-corrected chi connectivity index (χ4v) is 1.71. The summed E-state index contributed by atoms with van der Waals surface area (Å²) in [4.78, 5) is 17.4. The Kier molecular flexibility index (Phi) is 3.57. The number of hydrogen-bond acceptors (Lipinski definition) is 3. The molecular weight excluding hydrogens is 228 g/mol. The third kappa shape index (κ3) is 2.66. The number of carbonyl (C=O) groups is 1. The number of carbonyl (C=O) groups excluding carboxylic acids is 1. The number of rotatable bonds is 3. The van der Waals surface area contributed by atoms with Gasteiger partial charge in [-0.1, -0.05) is 18.2 Å². The van der Waals surface area contributed by atoms with Crippen LogP contribution in [0.4, 0.5) is 5.69 Å². The van der Waals surface area contributed by atoms with Gasteiger partial charge in [0.15, 0.2) is 0 Å². The Hall–Kier alpha value is -2.36. The second-order valence-electron chi connectivity index (χ2n) is 3.91. The molecule has 1 heterocycles. The van der Waals surface area contributed by atoms with Crippen molar-refractivity contribution in [1.82, 2.24) is 4.98 Å². The van der Waals surface area contributed by atoms with Crippen LogP contribution in [0.3, 0.4) is 0 Å². The average molecular weight is 242 g/mol. The molecule has 0 unspecified atom stereocenters. The number of phenols is 1. The summed E-state index contributed by atoms with van der Waals surface area (Å²) in [5.74, 6) is -0.0502. The topological polar surface area (TPSA) is 53.4 Å². The van der Waals surface area contributed by atoms with E-state index < -0.39 is 0 Å². The first kappa shape index (κ1) is 12.1. The number of pyridine rings is 1. The number of anilines is 1. The maximum absolute atomic E-state index is 11.7. The van der Waals surface area contributed by atoms with Crippen molar-refractivity contribution >= 4 is 11.6 Å². The molecule has 0 radical (unpaired) electrons. The maximum Gasteiger partial charge on any atom is 0.224 e. The third-order valence-corrected chi connectivity index (χ3v) is 2.60. The zero-order valence-corrected chi connectivity index (χ0v) is 10.1. The summed E-state index contributed by atoms with van der Waals surface area (Å²) in [7, 11) is 0. The molecular formula is C14H14N2O2. The van der Waals surface area contributed by atoms with Crippen molar-refractivity contribution < 1.29 is 9.90 Å². The first-order valence-electron chi connectivity index (χ1n) is 5.64. The minimum absolute atomic E-state index is 0.0867. The van der Waals surface area contributed by atoms with E-state index in [0.29, 0.717) is 12.2 Å². The lowest BCUT2D eigenvalue weighted by Crippen LogP contribution is -2.28. The van der Waals surface area contributed by atoms with Crippen molar-refractivity contribution in [2.45, 2.75) is 13.5 Å². The van der Waals surface area contributed by atoms with Gasteiger partial charge in [0, 0.05) is 13.1 Å². The van der Waals surface area contributed by atoms with E-state index in [1.807, 2.05) is 18.2 Å². The minimum Gasteiger partial charge on any atom is -0.506 e. The zero-order chi connectivity index (χ0) is 13.0. The zero-order valence-electron chi connectivity index (χ0n) is 10.1. The molecule has 1 amide bonds. The van der Waals surface area contributed by atoms with Gasteiger partial charge in [0.05, 0.1) is 17.9 Å². The van der Waals surface area contributed by atoms with Crippen LogP contribution in [0.2, 0.25) is 0 Å². The molecule has 0 aliphatic rings. The van der Waals surface area contributed by atoms with Gasteiger partial charge in [-0.2, -0.15) is 0 Å². The Bertz CT molecular complexity index is 541. The van der Waals surface area contributed by atoms with E-state index in [2.05, 4.69) is 4.98 Å². The molecule has 0 atom stereocenters. The summed E-state index contributed by atoms with van der Waals surface area (Å²) in [5.41, 5.74) is 1.27. The summed E-state index contributed by atoms with van der Waals surface area (Å²) in [6.07, 6.45) is 1.68. The van der Waals surface area contributed by atoms with Crippen LogP contribution in [0.25, 0.3) is 0 Å². The van der Waals surface area contributed by atoms with E-state index >= 15 is 0 Å². The summed E-state index contributed by atoms with van der Waals surface area (Å²) in [6, 6.07) is 12.3. The Morgan fingerprint density at radius 3 is 2.56 bits per heavy atom. The molecule has 1 N–H and O–H groups in total. The standard InChI is InChI=1S/C14H14N2O2/c1-11(17)16(10-12-6-4-5-9-15-12)13-7-2-3-8-14(13)18/h2-9,18H,10H2,1H3. The Morgan fingerprint density at radius 1 is 1.22 bits per heavy atom. The highest BCUT2D eigenvalue weighted by atomic mass is 16.3. The molecule has 0 spiro atoms. The van der Waals surface area contributed by atoms with E-state index in [4.69, 9.17) is 0 Å². The molecule has 0 fully saturated rings. The van der Waals surface area contributed by atoms with Gasteiger partial charge in [0.2, 0.25) is 5.91 Å². The van der Waals surface area contributed by atoms with Gasteiger partial charge < -0.3 is 10.0 Å². The average Bonchev–Trinajstić information content (AvgIpc) is 2.38. The SMILES string of the molecule is CC(=O)N(Cc1ccccn1)c1ccccc1O. The lowest BCUT2D eigenvalue weighted by molar-refractivity contribution is -0.116. The van der Waals surface area contributed by atoms with E-state index in [9.17, 15) is 9.90 Å². The van der Waals surface area contributed by atoms with Gasteiger partial charge >= 0.3 is 0 Å². The van der Waals surface area contributed by atoms with Gasteiger partial charge in [0.25, 0.3) is 0 Å². The van der Waals surface area contributed by atoms with Gasteiger partial charge in [-0.05, 0) is 24.3 Å². The number of para-hydroxylation sites is 2. The minimum atomic E-state index is -0.137. The predicted octanol–water partition coefficient (Wildman–Crippen LogP) is 2.34. The molecule has 18 heavy (non-hydrogen) atoms. The van der Waals surface area contributed by atoms with Crippen LogP contribution >= 0.6 is 0 Å². The van der Waals surface area contributed by atoms with Crippen molar-refractivity contribution in [3.05, 3.63) is 54.4 Å². The number of hydrogen-bond donors (Lipinski definition) is 1. The first-order valence-corrected chi connectivity index (χ1v) is 5.64. The van der Waals surface area contributed by atoms with E-state index in [0.717, 1.165) is 5.69 Å². The number of phenolic OH excluding ortho intramolecular Hbond substituents is 1. The molecule has 1 aromatic heterocycles. The van der Waals surface area contributed by atoms with Crippen molar-refractivity contribution in [3.63, 3.8) is 0 Å². The number of amides is 1. The van der Waals surface area contributed by atoms with Crippen LogP contribution in [0.1, 0.15) is 12.6 Å². The molecule has 2 rings (SSSR count). The van der Waals surface area contributed by atoms with Crippen LogP contribution in [0, 0.1) is 0 Å². The van der Waals surface area contributed by atoms with Crippen LogP contribution in [-0.4, -0.2) is 16.0 Å². The fraction of sp³-hybridized carbons (Fsp3) is 0.143. The van der Waals surface area contributed by atoms with Crippen LogP contribution in [0.5, 0.6) is 5.75 Å². The first-order chi connectivity index (χ1) is 8.68. The summed E-state index contributed by atoms with van der Waals surface area (Å²) >= 11 is 0. The summed E-state index contributed by atoms with van der Waals surface area (Å²) in [6.45, 7) is 1.81. The second kappa shape index (κ2) is 5.31. The van der Waals surface area contributed by atoms with E-state index in [1.54, 1.807) is 30.5 Å². The van der Waals surface area contributed by atoms with Crippen molar-refractivity contribution in [1.29, 1.82) is 0 Å². The predicted molar refractivity (Wildman–Crippen MR) is 69.2 cm³/mol. The molecule has 1 aromatic carbocycles. The molecule has 92 valence electrons. The van der Waals surface area contributed by atoms with Crippen molar-refractivity contribution in [2.75, 3.05) is 4.90 Å². The number of aromatic nitrogens is 1. The Labute approximate surface area is 106 Å². The normalized spacial score (nSPS) is 10.1. The summed E-state index contributed by atoms with van der Waals surface area (Å²) < 4.78 is 0. The summed E-state index contributed by atoms with van der Waals surface area (Å²) in [5, 5.41) is 9.79. The monoisotopic (exact) mass is 242 g/mol. The Morgan fingerprint density at radius 2 is 1.94 bits per heavy atom. The molecule has 0 saturated heterocycles. The lowest BCUT2D eigenvalue weighted by atomic mass is 10.2. The molecule has 4 nitrogen and oxygen atoms in total. The molecule has 2 aromatic rings. The Balaban J connectivity index is 2.30. The molecule has 0 bridgehead atoms. The quantitative estimate of drug-likeness (QED) is 0.898. The highest BCUT2D eigenvalue weighted by Crippen LogP contribution is 2.27. The van der Waals surface area contributed by atoms with Crippen LogP contribution in [0.15, 0.2) is 48.7 Å². The second-order valence-corrected chi connectivity index (χ2v) is 3.91. The van der Waals surface area contributed by atoms with Crippen molar-refractivity contribution in [2.24, 2.45) is 0 Å². The fourth-order valence-electron chi connectivity index (χ4n) is 1.71. The smallest absolute Gasteiger partial charge is 0.224 e. The van der Waals surface area contributed by atoms with Gasteiger partial charge in [-0.3, -0.25) is 9.78 Å². The van der Waals surface area contributed by atoms with Crippen molar-refractivity contribution in [3.8, 4) is 5.75 Å². The maximum atomic E-state index is 11.7. The number of aromatic hydroxyl groups is 1. The van der Waals surface area contributed by atoms with E-state index in [-0.39, 0.29) is 11.7 Å². The number of benzene rings is 1. The highest BCUT2D eigenvalue weighted by Gasteiger charge is 2.15. The van der Waals surface area contributed by atoms with Gasteiger partial charge in [0.1, 0.15) is 5.75 Å². The molecule has 0 aliphatic carbocycles. The highest BCUT2D eigenvalue weighted by molar-refractivity contribution is 5.92.